The van der Waals surface area contributed by atoms with Gasteiger partial charge in [-0.3, -0.25) is 14.6 Å². The summed E-state index contributed by atoms with van der Waals surface area (Å²) in [5, 5.41) is 6.06. The third-order valence-electron chi connectivity index (χ3n) is 7.48. The van der Waals surface area contributed by atoms with Gasteiger partial charge in [0.05, 0.1) is 16.5 Å². The number of nitrogens with one attached hydrogen (secondary N) is 2. The maximum Gasteiger partial charge on any atom is 0.326 e. The van der Waals surface area contributed by atoms with E-state index in [2.05, 4.69) is 20.5 Å². The quantitative estimate of drug-likeness (QED) is 0.193. The van der Waals surface area contributed by atoms with Gasteiger partial charge in [-0.1, -0.05) is 48.0 Å². The van der Waals surface area contributed by atoms with E-state index in [1.165, 1.54) is 13.2 Å². The highest BCUT2D eigenvalue weighted by Gasteiger charge is 2.29. The number of amides is 3. The van der Waals surface area contributed by atoms with Gasteiger partial charge in [0.15, 0.2) is 9.84 Å². The number of piperidine rings is 1. The van der Waals surface area contributed by atoms with Gasteiger partial charge in [0.25, 0.3) is 0 Å². The highest BCUT2D eigenvalue weighted by molar-refractivity contribution is 7.89. The number of urea groups is 1. The van der Waals surface area contributed by atoms with Gasteiger partial charge in [-0.15, -0.1) is 0 Å². The molecule has 4 aromatic rings. The summed E-state index contributed by atoms with van der Waals surface area (Å²) in [6.45, 7) is 3.72. The molecule has 240 valence electrons. The summed E-state index contributed by atoms with van der Waals surface area (Å²) in [6, 6.07) is 25.1. The minimum atomic E-state index is -3.10. The molecule has 3 amide bonds. The van der Waals surface area contributed by atoms with Crippen molar-refractivity contribution in [2.45, 2.75) is 38.1 Å². The van der Waals surface area contributed by atoms with Crippen LogP contribution < -0.4 is 20.3 Å². The monoisotopic (exact) mass is 661 g/mol. The number of anilines is 3. The van der Waals surface area contributed by atoms with Crippen LogP contribution in [0.5, 0.6) is 11.6 Å². The van der Waals surface area contributed by atoms with Crippen molar-refractivity contribution in [2.24, 2.45) is 0 Å². The molecule has 2 heterocycles. The number of sulfone groups is 1. The molecule has 0 aliphatic carbocycles. The van der Waals surface area contributed by atoms with Crippen molar-refractivity contribution in [3.63, 3.8) is 0 Å². The van der Waals surface area contributed by atoms with Gasteiger partial charge in [0.2, 0.25) is 11.8 Å². The fourth-order valence-corrected chi connectivity index (χ4v) is 6.35. The maximum atomic E-state index is 13.7. The topological polar surface area (TPSA) is 121 Å². The lowest BCUT2D eigenvalue weighted by atomic mass is 10.0. The first-order chi connectivity index (χ1) is 22.0. The van der Waals surface area contributed by atoms with Gasteiger partial charge in [-0.05, 0) is 66.4 Å². The number of hydrogen-bond acceptors (Lipinski definition) is 7. The zero-order chi connectivity index (χ0) is 32.7. The lowest BCUT2D eigenvalue weighted by Gasteiger charge is -2.38. The summed E-state index contributed by atoms with van der Waals surface area (Å²) in [5.74, 6) is 0.766. The predicted octanol–water partition coefficient (Wildman–Crippen LogP) is 6.73. The maximum absolute atomic E-state index is 13.7. The van der Waals surface area contributed by atoms with Crippen molar-refractivity contribution in [3.05, 3.63) is 107 Å². The molecule has 0 spiro atoms. The van der Waals surface area contributed by atoms with E-state index in [0.29, 0.717) is 40.1 Å². The minimum Gasteiger partial charge on any atom is -0.439 e. The average molecular weight is 662 g/mol. The van der Waals surface area contributed by atoms with Crippen LogP contribution in [0.15, 0.2) is 91.1 Å². The van der Waals surface area contributed by atoms with E-state index in [-0.39, 0.29) is 23.7 Å². The third kappa shape index (κ3) is 9.29. The van der Waals surface area contributed by atoms with Crippen LogP contribution in [-0.4, -0.2) is 55.6 Å². The first-order valence-electron chi connectivity index (χ1n) is 14.9. The van der Waals surface area contributed by atoms with Crippen molar-refractivity contribution >= 4 is 50.4 Å². The second kappa shape index (κ2) is 14.8. The van der Waals surface area contributed by atoms with Crippen molar-refractivity contribution in [2.75, 3.05) is 34.9 Å². The van der Waals surface area contributed by atoms with Gasteiger partial charge in [0.1, 0.15) is 5.75 Å². The number of ether oxygens (including phenoxy) is 1. The first kappa shape index (κ1) is 32.9. The zero-order valence-corrected chi connectivity index (χ0v) is 27.2. The lowest BCUT2D eigenvalue weighted by Crippen LogP contribution is -2.49. The second-order valence-corrected chi connectivity index (χ2v) is 13.9. The second-order valence-electron chi connectivity index (χ2n) is 11.3. The molecule has 1 aromatic heterocycles. The summed E-state index contributed by atoms with van der Waals surface area (Å²) < 4.78 is 28.9. The van der Waals surface area contributed by atoms with E-state index in [0.717, 1.165) is 37.2 Å². The van der Waals surface area contributed by atoms with Crippen molar-refractivity contribution in [3.8, 4) is 11.6 Å². The Labute approximate surface area is 274 Å². The molecule has 46 heavy (non-hydrogen) atoms. The van der Waals surface area contributed by atoms with Crippen LogP contribution in [0.1, 0.15) is 30.9 Å². The smallest absolute Gasteiger partial charge is 0.326 e. The molecule has 1 saturated heterocycles. The molecule has 10 nitrogen and oxygen atoms in total. The van der Waals surface area contributed by atoms with Gasteiger partial charge in [-0.2, -0.15) is 0 Å². The molecule has 5 rings (SSSR count). The molecule has 2 N–H and O–H groups in total. The molecule has 1 fully saturated rings. The number of aromatic nitrogens is 1. The molecule has 0 unspecified atom stereocenters. The van der Waals surface area contributed by atoms with E-state index in [4.69, 9.17) is 16.3 Å². The Balaban J connectivity index is 1.18. The SMILES string of the molecule is CC(=O)Nc1cc(NC(=O)N(c2ccccc2)C2CCN(Cc3ccc(Oc4ccc(CS(C)(=O)=O)cc4)nc3)CC2)ccc1Cl. The van der Waals surface area contributed by atoms with Crippen LogP contribution in [-0.2, 0) is 26.9 Å². The lowest BCUT2D eigenvalue weighted by molar-refractivity contribution is -0.114. The number of halogens is 1. The van der Waals surface area contributed by atoms with E-state index in [1.807, 2.05) is 47.4 Å². The number of rotatable bonds is 10. The van der Waals surface area contributed by atoms with Crippen LogP contribution in [0, 0.1) is 0 Å². The first-order valence-corrected chi connectivity index (χ1v) is 17.3. The van der Waals surface area contributed by atoms with Crippen LogP contribution in [0.4, 0.5) is 21.9 Å². The van der Waals surface area contributed by atoms with Gasteiger partial charge < -0.3 is 15.4 Å². The summed E-state index contributed by atoms with van der Waals surface area (Å²) >= 11 is 6.22. The summed E-state index contributed by atoms with van der Waals surface area (Å²) in [4.78, 5) is 33.9. The molecule has 0 atom stereocenters. The Bertz CT molecular complexity index is 1760. The van der Waals surface area contributed by atoms with Crippen LogP contribution >= 0.6 is 11.6 Å². The molecule has 3 aromatic carbocycles. The number of carbonyl (C=O) groups excluding carboxylic acids is 2. The van der Waals surface area contributed by atoms with E-state index in [1.54, 1.807) is 48.7 Å². The zero-order valence-electron chi connectivity index (χ0n) is 25.6. The molecular weight excluding hydrogens is 626 g/mol. The van der Waals surface area contributed by atoms with Crippen molar-refractivity contribution in [1.82, 2.24) is 9.88 Å². The Morgan fingerprint density at radius 1 is 0.957 bits per heavy atom. The normalized spacial score (nSPS) is 14.0. The van der Waals surface area contributed by atoms with Crippen molar-refractivity contribution in [1.29, 1.82) is 0 Å². The minimum absolute atomic E-state index is 0.0137. The molecule has 0 radical (unpaired) electrons. The van der Waals surface area contributed by atoms with E-state index < -0.39 is 9.84 Å². The molecular formula is C34H36ClN5O5S. The Kier molecular flexibility index (Phi) is 10.6. The van der Waals surface area contributed by atoms with Crippen LogP contribution in [0.2, 0.25) is 5.02 Å². The van der Waals surface area contributed by atoms with E-state index in [9.17, 15) is 18.0 Å². The van der Waals surface area contributed by atoms with Gasteiger partial charge in [0, 0.05) is 62.5 Å². The van der Waals surface area contributed by atoms with Gasteiger partial charge in [-0.25, -0.2) is 18.2 Å². The van der Waals surface area contributed by atoms with Crippen LogP contribution in [0.3, 0.4) is 0 Å². The highest BCUT2D eigenvalue weighted by atomic mass is 35.5. The number of likely N-dealkylation sites (tertiary alicyclic amines) is 1. The van der Waals surface area contributed by atoms with Crippen molar-refractivity contribution < 1.29 is 22.7 Å². The Hall–Kier alpha value is -4.45. The predicted molar refractivity (Wildman–Crippen MR) is 181 cm³/mol. The molecule has 0 saturated carbocycles. The number of pyridine rings is 1. The van der Waals surface area contributed by atoms with Crippen LogP contribution in [0.25, 0.3) is 0 Å². The molecule has 0 bridgehead atoms. The number of hydrogen-bond donors (Lipinski definition) is 2. The highest BCUT2D eigenvalue weighted by Crippen LogP contribution is 2.29. The number of para-hydroxylation sites is 1. The number of nitrogens with zero attached hydrogens (tertiary/aromatic N) is 3. The molecule has 12 heteroatoms. The fourth-order valence-electron chi connectivity index (χ4n) is 5.39. The molecule has 1 aliphatic rings. The standard InChI is InChI=1S/C34H36ClN5O5S/c1-24(41)37-32-20-27(11-14-31(32)35)38-34(42)40(28-6-4-3-5-7-28)29-16-18-39(19-17-29)22-26-10-15-33(36-21-26)45-30-12-8-25(9-13-30)23-46(2,43)44/h3-15,20-21,29H,16-19,22-23H2,1-2H3,(H,37,41)(H,38,42). The molecule has 1 aliphatic heterocycles. The number of carbonyl (C=O) groups is 2. The summed E-state index contributed by atoms with van der Waals surface area (Å²) in [6.07, 6.45) is 4.57. The van der Waals surface area contributed by atoms with E-state index >= 15 is 0 Å². The summed E-state index contributed by atoms with van der Waals surface area (Å²) in [7, 11) is -3.10. The average Bonchev–Trinajstić information content (AvgIpc) is 3.01. The third-order valence-corrected chi connectivity index (χ3v) is 8.67. The Morgan fingerprint density at radius 2 is 1.65 bits per heavy atom. The number of benzene rings is 3. The largest absolute Gasteiger partial charge is 0.439 e. The fraction of sp³-hybridized carbons (Fsp3) is 0.265. The van der Waals surface area contributed by atoms with Gasteiger partial charge >= 0.3 is 6.03 Å². The Morgan fingerprint density at radius 3 is 2.28 bits per heavy atom. The summed E-state index contributed by atoms with van der Waals surface area (Å²) in [5.41, 5.74) is 3.51.